The number of hydrogen-bond donors (Lipinski definition) is 1. The molecule has 0 aliphatic carbocycles. The maximum absolute atomic E-state index is 12.3. The number of alkyl halides is 5. The zero-order valence-electron chi connectivity index (χ0n) is 7.08. The van der Waals surface area contributed by atoms with Crippen LogP contribution in [0.1, 0.15) is 17.6 Å². The minimum absolute atomic E-state index is 0.346. The smallest absolute Gasteiger partial charge is 0.399 e. The van der Waals surface area contributed by atoms with E-state index in [0.717, 1.165) is 6.07 Å². The van der Waals surface area contributed by atoms with Gasteiger partial charge < -0.3 is 5.73 Å². The Hall–Kier alpha value is -0.850. The lowest BCUT2D eigenvalue weighted by Gasteiger charge is -2.13. The van der Waals surface area contributed by atoms with Gasteiger partial charge in [0, 0.05) is 15.7 Å². The molecule has 1 rings (SSSR count). The third-order valence-electron chi connectivity index (χ3n) is 1.66. The van der Waals surface area contributed by atoms with Gasteiger partial charge in [-0.05, 0) is 28.1 Å². The fourth-order valence-corrected chi connectivity index (χ4v) is 1.66. The molecule has 0 saturated heterocycles. The Bertz CT molecular complexity index is 374. The Labute approximate surface area is 90.2 Å². The number of anilines is 1. The highest BCUT2D eigenvalue weighted by Gasteiger charge is 2.35. The highest BCUT2D eigenvalue weighted by molar-refractivity contribution is 9.10. The lowest BCUT2D eigenvalue weighted by molar-refractivity contribution is -0.138. The number of hydrogen-bond acceptors (Lipinski definition) is 1. The van der Waals surface area contributed by atoms with Crippen molar-refractivity contribution in [2.75, 3.05) is 5.73 Å². The monoisotopic (exact) mass is 289 g/mol. The summed E-state index contributed by atoms with van der Waals surface area (Å²) in [6, 6.07) is 1.42. The van der Waals surface area contributed by atoms with Crippen LogP contribution in [0.25, 0.3) is 0 Å². The molecule has 0 saturated carbocycles. The molecule has 0 aliphatic heterocycles. The molecule has 1 aromatic rings. The first-order valence-electron chi connectivity index (χ1n) is 3.67. The summed E-state index contributed by atoms with van der Waals surface area (Å²) in [4.78, 5) is 0. The molecule has 0 unspecified atom stereocenters. The zero-order chi connectivity index (χ0) is 11.8. The summed E-state index contributed by atoms with van der Waals surface area (Å²) >= 11 is 2.50. The van der Waals surface area contributed by atoms with E-state index in [1.807, 2.05) is 0 Å². The predicted molar refractivity (Wildman–Crippen MR) is 48.5 cm³/mol. The molecular formula is C8H5BrF5N. The molecule has 7 heteroatoms. The van der Waals surface area contributed by atoms with Crippen LogP contribution in [0, 0.1) is 0 Å². The molecule has 0 spiro atoms. The van der Waals surface area contributed by atoms with Crippen LogP contribution in [0.15, 0.2) is 16.6 Å². The lowest BCUT2D eigenvalue weighted by Crippen LogP contribution is -2.09. The van der Waals surface area contributed by atoms with E-state index in [1.165, 1.54) is 0 Å². The molecule has 0 atom stereocenters. The summed E-state index contributed by atoms with van der Waals surface area (Å²) in [5, 5.41) is 0. The van der Waals surface area contributed by atoms with Crippen LogP contribution in [0.2, 0.25) is 0 Å². The summed E-state index contributed by atoms with van der Waals surface area (Å²) in [6.45, 7) is 0. The second-order valence-corrected chi connectivity index (χ2v) is 3.56. The van der Waals surface area contributed by atoms with E-state index in [1.54, 1.807) is 0 Å². The molecular weight excluding hydrogens is 285 g/mol. The Balaban J connectivity index is 3.42. The van der Waals surface area contributed by atoms with Gasteiger partial charge in [0.25, 0.3) is 6.43 Å². The van der Waals surface area contributed by atoms with Gasteiger partial charge in [-0.3, -0.25) is 0 Å². The van der Waals surface area contributed by atoms with E-state index in [9.17, 15) is 22.0 Å². The van der Waals surface area contributed by atoms with Gasteiger partial charge in [-0.2, -0.15) is 13.2 Å². The van der Waals surface area contributed by atoms with E-state index in [2.05, 4.69) is 15.9 Å². The van der Waals surface area contributed by atoms with Gasteiger partial charge >= 0.3 is 6.18 Å². The van der Waals surface area contributed by atoms with Crippen LogP contribution in [0.5, 0.6) is 0 Å². The number of halogens is 6. The maximum atomic E-state index is 12.3. The number of rotatable bonds is 1. The first-order valence-corrected chi connectivity index (χ1v) is 4.47. The molecule has 84 valence electrons. The van der Waals surface area contributed by atoms with E-state index in [-0.39, 0.29) is 5.69 Å². The van der Waals surface area contributed by atoms with Crippen molar-refractivity contribution in [1.82, 2.24) is 0 Å². The fourth-order valence-electron chi connectivity index (χ4n) is 1.04. The normalized spacial score (nSPS) is 12.2. The minimum Gasteiger partial charge on any atom is -0.399 e. The Morgan fingerprint density at radius 2 is 1.73 bits per heavy atom. The van der Waals surface area contributed by atoms with E-state index < -0.39 is 28.2 Å². The van der Waals surface area contributed by atoms with Crippen LogP contribution in [0.4, 0.5) is 27.6 Å². The van der Waals surface area contributed by atoms with Crippen molar-refractivity contribution >= 4 is 21.6 Å². The number of nitrogens with two attached hydrogens (primary N) is 1. The molecule has 1 aromatic carbocycles. The molecule has 0 fully saturated rings. The molecule has 0 heterocycles. The Morgan fingerprint density at radius 1 is 1.20 bits per heavy atom. The molecule has 0 aliphatic rings. The summed E-state index contributed by atoms with van der Waals surface area (Å²) < 4.78 is 61.0. The molecule has 0 amide bonds. The third kappa shape index (κ3) is 2.58. The van der Waals surface area contributed by atoms with Crippen LogP contribution < -0.4 is 5.73 Å². The van der Waals surface area contributed by atoms with E-state index in [4.69, 9.17) is 5.73 Å². The second kappa shape index (κ2) is 3.96. The summed E-state index contributed by atoms with van der Waals surface area (Å²) in [6.07, 6.45) is -7.72. The predicted octanol–water partition coefficient (Wildman–Crippen LogP) is 3.99. The van der Waals surface area contributed by atoms with Gasteiger partial charge in [0.05, 0.1) is 5.56 Å². The molecule has 2 N–H and O–H groups in total. The molecule has 15 heavy (non-hydrogen) atoms. The summed E-state index contributed by atoms with van der Waals surface area (Å²) in [5.41, 5.74) is 2.80. The fraction of sp³-hybridized carbons (Fsp3) is 0.250. The summed E-state index contributed by atoms with van der Waals surface area (Å²) in [7, 11) is 0. The van der Waals surface area contributed by atoms with Gasteiger partial charge in [0.2, 0.25) is 0 Å². The standard InChI is InChI=1S/C8H5BrF5N/c9-6-4(7(10)11)1-3(15)2-5(6)8(12,13)14/h1-2,7H,15H2. The Morgan fingerprint density at radius 3 is 2.13 bits per heavy atom. The maximum Gasteiger partial charge on any atom is 0.417 e. The van der Waals surface area contributed by atoms with Crippen molar-refractivity contribution in [3.8, 4) is 0 Å². The van der Waals surface area contributed by atoms with Crippen LogP contribution >= 0.6 is 15.9 Å². The topological polar surface area (TPSA) is 26.0 Å². The van der Waals surface area contributed by atoms with Crippen LogP contribution in [-0.2, 0) is 6.18 Å². The van der Waals surface area contributed by atoms with Gasteiger partial charge in [-0.25, -0.2) is 8.78 Å². The number of nitrogen functional groups attached to an aromatic ring is 1. The molecule has 0 radical (unpaired) electrons. The van der Waals surface area contributed by atoms with Gasteiger partial charge in [0.15, 0.2) is 0 Å². The quantitative estimate of drug-likeness (QED) is 0.614. The first-order chi connectivity index (χ1) is 6.73. The lowest BCUT2D eigenvalue weighted by atomic mass is 10.1. The first kappa shape index (κ1) is 12.2. The van der Waals surface area contributed by atoms with Gasteiger partial charge in [-0.15, -0.1) is 0 Å². The molecule has 1 nitrogen and oxygen atoms in total. The van der Waals surface area contributed by atoms with Crippen LogP contribution in [-0.4, -0.2) is 0 Å². The van der Waals surface area contributed by atoms with Crippen molar-refractivity contribution in [3.63, 3.8) is 0 Å². The van der Waals surface area contributed by atoms with Crippen molar-refractivity contribution < 1.29 is 22.0 Å². The number of benzene rings is 1. The SMILES string of the molecule is Nc1cc(C(F)F)c(Br)c(C(F)(F)F)c1. The largest absolute Gasteiger partial charge is 0.417 e. The highest BCUT2D eigenvalue weighted by Crippen LogP contribution is 2.40. The van der Waals surface area contributed by atoms with Crippen LogP contribution in [0.3, 0.4) is 0 Å². The highest BCUT2D eigenvalue weighted by atomic mass is 79.9. The summed E-state index contributed by atoms with van der Waals surface area (Å²) in [5.74, 6) is 0. The third-order valence-corrected chi connectivity index (χ3v) is 2.55. The second-order valence-electron chi connectivity index (χ2n) is 2.77. The van der Waals surface area contributed by atoms with Crippen molar-refractivity contribution in [1.29, 1.82) is 0 Å². The molecule has 0 bridgehead atoms. The Kier molecular flexibility index (Phi) is 3.22. The van der Waals surface area contributed by atoms with E-state index in [0.29, 0.717) is 6.07 Å². The zero-order valence-corrected chi connectivity index (χ0v) is 8.66. The van der Waals surface area contributed by atoms with Gasteiger partial charge in [0.1, 0.15) is 0 Å². The van der Waals surface area contributed by atoms with Crippen molar-refractivity contribution in [2.24, 2.45) is 0 Å². The average Bonchev–Trinajstić information content (AvgIpc) is 2.06. The van der Waals surface area contributed by atoms with Crippen molar-refractivity contribution in [3.05, 3.63) is 27.7 Å². The average molecular weight is 290 g/mol. The minimum atomic E-state index is -4.71. The van der Waals surface area contributed by atoms with E-state index >= 15 is 0 Å². The van der Waals surface area contributed by atoms with Crippen molar-refractivity contribution in [2.45, 2.75) is 12.6 Å². The van der Waals surface area contributed by atoms with Gasteiger partial charge in [-0.1, -0.05) is 0 Å². The molecule has 0 aromatic heterocycles.